The lowest BCUT2D eigenvalue weighted by molar-refractivity contribution is 0.313. The Bertz CT molecular complexity index is 383. The van der Waals surface area contributed by atoms with Crippen LogP contribution in [0.2, 0.25) is 0 Å². The average molecular weight is 260 g/mol. The van der Waals surface area contributed by atoms with E-state index < -0.39 is 0 Å². The van der Waals surface area contributed by atoms with E-state index in [9.17, 15) is 0 Å². The van der Waals surface area contributed by atoms with Crippen LogP contribution in [0.1, 0.15) is 44.7 Å². The lowest BCUT2D eigenvalue weighted by Crippen LogP contribution is -2.37. The van der Waals surface area contributed by atoms with Gasteiger partial charge in [-0.05, 0) is 48.9 Å². The Kier molecular flexibility index (Phi) is 4.64. The van der Waals surface area contributed by atoms with Crippen molar-refractivity contribution in [2.45, 2.75) is 51.5 Å². The van der Waals surface area contributed by atoms with Gasteiger partial charge in [0, 0.05) is 12.6 Å². The van der Waals surface area contributed by atoms with Gasteiger partial charge in [0.2, 0.25) is 0 Å². The number of hydrogen-bond donors (Lipinski definition) is 1. The van der Waals surface area contributed by atoms with Crippen LogP contribution in [-0.4, -0.2) is 30.6 Å². The summed E-state index contributed by atoms with van der Waals surface area (Å²) in [6.07, 6.45) is 3.67. The molecule has 1 aromatic carbocycles. The molecule has 1 saturated heterocycles. The molecular weight excluding hydrogens is 232 g/mol. The highest BCUT2D eigenvalue weighted by molar-refractivity contribution is 5.28. The number of rotatable bonds is 4. The maximum Gasteiger partial charge on any atom is 0.0208 e. The molecule has 1 fully saturated rings. The molecule has 1 aromatic rings. The smallest absolute Gasteiger partial charge is 0.0208 e. The molecule has 1 aliphatic heterocycles. The minimum absolute atomic E-state index is 0.232. The van der Waals surface area contributed by atoms with E-state index in [1.807, 2.05) is 0 Å². The zero-order valence-corrected chi connectivity index (χ0v) is 12.7. The Morgan fingerprint density at radius 3 is 2.21 bits per heavy atom. The number of hydrogen-bond acceptors (Lipinski definition) is 2. The van der Waals surface area contributed by atoms with Gasteiger partial charge in [0.15, 0.2) is 0 Å². The van der Waals surface area contributed by atoms with E-state index >= 15 is 0 Å². The molecule has 0 bridgehead atoms. The van der Waals surface area contributed by atoms with Crippen molar-refractivity contribution >= 4 is 0 Å². The van der Waals surface area contributed by atoms with Crippen LogP contribution in [0.4, 0.5) is 0 Å². The quantitative estimate of drug-likeness (QED) is 0.902. The molecule has 1 atom stereocenters. The lowest BCUT2D eigenvalue weighted by Gasteiger charge is -2.21. The Balaban J connectivity index is 1.88. The van der Waals surface area contributed by atoms with Crippen LogP contribution in [-0.2, 0) is 11.8 Å². The molecule has 1 heterocycles. The van der Waals surface area contributed by atoms with Crippen molar-refractivity contribution in [2.24, 2.45) is 5.73 Å². The summed E-state index contributed by atoms with van der Waals surface area (Å²) in [5.74, 6) is 0. The molecule has 1 unspecified atom stereocenters. The molecule has 2 nitrogen and oxygen atoms in total. The zero-order chi connectivity index (χ0) is 13.9. The SMILES string of the molecule is CC(C)(C)c1ccc(CC(N)CN2CCCC2)cc1. The first kappa shape index (κ1) is 14.5. The molecule has 0 saturated carbocycles. The summed E-state index contributed by atoms with van der Waals surface area (Å²) in [6.45, 7) is 10.3. The summed E-state index contributed by atoms with van der Waals surface area (Å²) < 4.78 is 0. The van der Waals surface area contributed by atoms with E-state index in [1.165, 1.54) is 37.1 Å². The highest BCUT2D eigenvalue weighted by atomic mass is 15.1. The van der Waals surface area contributed by atoms with E-state index in [-0.39, 0.29) is 11.5 Å². The number of likely N-dealkylation sites (tertiary alicyclic amines) is 1. The Labute approximate surface area is 118 Å². The third kappa shape index (κ3) is 4.32. The van der Waals surface area contributed by atoms with Gasteiger partial charge in [-0.1, -0.05) is 45.0 Å². The minimum Gasteiger partial charge on any atom is -0.326 e. The number of nitrogens with two attached hydrogens (primary N) is 1. The topological polar surface area (TPSA) is 29.3 Å². The maximum absolute atomic E-state index is 6.27. The zero-order valence-electron chi connectivity index (χ0n) is 12.7. The Morgan fingerprint density at radius 2 is 1.68 bits per heavy atom. The molecule has 2 heteroatoms. The van der Waals surface area contributed by atoms with E-state index in [2.05, 4.69) is 49.9 Å². The van der Waals surface area contributed by atoms with Gasteiger partial charge >= 0.3 is 0 Å². The molecule has 0 amide bonds. The lowest BCUT2D eigenvalue weighted by atomic mass is 9.86. The van der Waals surface area contributed by atoms with Crippen LogP contribution in [0.5, 0.6) is 0 Å². The fraction of sp³-hybridized carbons (Fsp3) is 0.647. The van der Waals surface area contributed by atoms with E-state index in [1.54, 1.807) is 0 Å². The van der Waals surface area contributed by atoms with Crippen LogP contribution in [0, 0.1) is 0 Å². The molecule has 0 aromatic heterocycles. The summed E-state index contributed by atoms with van der Waals surface area (Å²) >= 11 is 0. The van der Waals surface area contributed by atoms with Gasteiger partial charge in [0.25, 0.3) is 0 Å². The third-order valence-electron chi connectivity index (χ3n) is 4.01. The molecule has 1 aliphatic rings. The second-order valence-corrected chi connectivity index (χ2v) is 6.92. The summed E-state index contributed by atoms with van der Waals surface area (Å²) in [6, 6.07) is 9.24. The van der Waals surface area contributed by atoms with Crippen LogP contribution >= 0.6 is 0 Å². The van der Waals surface area contributed by atoms with Crippen molar-refractivity contribution < 1.29 is 0 Å². The van der Waals surface area contributed by atoms with Crippen molar-refractivity contribution in [2.75, 3.05) is 19.6 Å². The monoisotopic (exact) mass is 260 g/mol. The molecule has 0 aliphatic carbocycles. The fourth-order valence-corrected chi connectivity index (χ4v) is 2.80. The van der Waals surface area contributed by atoms with Crippen LogP contribution < -0.4 is 5.73 Å². The normalized spacial score (nSPS) is 18.7. The van der Waals surface area contributed by atoms with Gasteiger partial charge in [0.1, 0.15) is 0 Å². The van der Waals surface area contributed by atoms with Crippen molar-refractivity contribution in [1.29, 1.82) is 0 Å². The predicted molar refractivity (Wildman–Crippen MR) is 82.5 cm³/mol. The van der Waals surface area contributed by atoms with Crippen molar-refractivity contribution in [3.8, 4) is 0 Å². The van der Waals surface area contributed by atoms with Gasteiger partial charge in [-0.15, -0.1) is 0 Å². The second-order valence-electron chi connectivity index (χ2n) is 6.92. The third-order valence-corrected chi connectivity index (χ3v) is 4.01. The second kappa shape index (κ2) is 6.06. The molecule has 0 spiro atoms. The summed E-state index contributed by atoms with van der Waals surface area (Å²) in [5.41, 5.74) is 9.25. The average Bonchev–Trinajstić information content (AvgIpc) is 2.81. The van der Waals surface area contributed by atoms with Crippen LogP contribution in [0.25, 0.3) is 0 Å². The number of benzene rings is 1. The van der Waals surface area contributed by atoms with Gasteiger partial charge in [-0.25, -0.2) is 0 Å². The minimum atomic E-state index is 0.232. The van der Waals surface area contributed by atoms with Crippen LogP contribution in [0.15, 0.2) is 24.3 Å². The highest BCUT2D eigenvalue weighted by Crippen LogP contribution is 2.22. The first-order valence-corrected chi connectivity index (χ1v) is 7.52. The van der Waals surface area contributed by atoms with Gasteiger partial charge in [-0.2, -0.15) is 0 Å². The van der Waals surface area contributed by atoms with Crippen molar-refractivity contribution in [1.82, 2.24) is 4.90 Å². The summed E-state index contributed by atoms with van der Waals surface area (Å²) in [7, 11) is 0. The Morgan fingerprint density at radius 1 is 1.11 bits per heavy atom. The fourth-order valence-electron chi connectivity index (χ4n) is 2.80. The molecule has 106 valence electrons. The first-order chi connectivity index (χ1) is 8.95. The summed E-state index contributed by atoms with van der Waals surface area (Å²) in [4.78, 5) is 2.49. The highest BCUT2D eigenvalue weighted by Gasteiger charge is 2.16. The molecule has 0 radical (unpaired) electrons. The van der Waals surface area contributed by atoms with Gasteiger partial charge in [0.05, 0.1) is 0 Å². The van der Waals surface area contributed by atoms with Gasteiger partial charge in [-0.3, -0.25) is 0 Å². The van der Waals surface area contributed by atoms with Gasteiger partial charge < -0.3 is 10.6 Å². The molecular formula is C17H28N2. The standard InChI is InChI=1S/C17H28N2/c1-17(2,3)15-8-6-14(7-9-15)12-16(18)13-19-10-4-5-11-19/h6-9,16H,4-5,10-13,18H2,1-3H3. The predicted octanol–water partition coefficient (Wildman–Crippen LogP) is 2.95. The van der Waals surface area contributed by atoms with E-state index in [0.717, 1.165) is 13.0 Å². The van der Waals surface area contributed by atoms with E-state index in [4.69, 9.17) is 5.73 Å². The summed E-state index contributed by atoms with van der Waals surface area (Å²) in [5, 5.41) is 0. The van der Waals surface area contributed by atoms with Crippen molar-refractivity contribution in [3.05, 3.63) is 35.4 Å². The number of nitrogens with zero attached hydrogens (tertiary/aromatic N) is 1. The Hall–Kier alpha value is -0.860. The first-order valence-electron chi connectivity index (χ1n) is 7.52. The largest absolute Gasteiger partial charge is 0.326 e. The van der Waals surface area contributed by atoms with Crippen LogP contribution in [0.3, 0.4) is 0 Å². The van der Waals surface area contributed by atoms with E-state index in [0.29, 0.717) is 0 Å². The molecule has 2 rings (SSSR count). The molecule has 19 heavy (non-hydrogen) atoms. The maximum atomic E-state index is 6.27. The van der Waals surface area contributed by atoms with Crippen molar-refractivity contribution in [3.63, 3.8) is 0 Å². The molecule has 2 N–H and O–H groups in total.